The smallest absolute Gasteiger partial charge is 0.0995 e. The molecule has 2 atom stereocenters. The van der Waals surface area contributed by atoms with Crippen molar-refractivity contribution in [3.05, 3.63) is 71.3 Å². The van der Waals surface area contributed by atoms with E-state index in [0.717, 1.165) is 37.7 Å². The number of nitrogens with zero attached hydrogens (tertiary/aromatic N) is 3. The standard InChI is InChI=1S/C22H25N3/c23-12-20-8-4-5-9-21(20)16-25-15-19-10-11-22(25)17-24(14-19)13-18-6-2-1-3-7-18/h1-9,19,22H,10-11,13-17H2/t19-,22+/m0/s1. The lowest BCUT2D eigenvalue weighted by Crippen LogP contribution is -2.43. The topological polar surface area (TPSA) is 30.3 Å². The minimum absolute atomic E-state index is 0.606. The van der Waals surface area contributed by atoms with E-state index in [4.69, 9.17) is 0 Å². The van der Waals surface area contributed by atoms with Crippen molar-refractivity contribution in [1.82, 2.24) is 9.80 Å². The summed E-state index contributed by atoms with van der Waals surface area (Å²) in [5.41, 5.74) is 3.40. The second-order valence-electron chi connectivity index (χ2n) is 7.48. The van der Waals surface area contributed by atoms with Crippen LogP contribution >= 0.6 is 0 Å². The van der Waals surface area contributed by atoms with E-state index in [1.807, 2.05) is 18.2 Å². The van der Waals surface area contributed by atoms with Crippen molar-refractivity contribution < 1.29 is 0 Å². The van der Waals surface area contributed by atoms with E-state index in [0.29, 0.717) is 6.04 Å². The van der Waals surface area contributed by atoms with Crippen LogP contribution in [0.15, 0.2) is 54.6 Å². The third-order valence-corrected chi connectivity index (χ3v) is 5.66. The number of nitriles is 1. The Morgan fingerprint density at radius 2 is 1.68 bits per heavy atom. The van der Waals surface area contributed by atoms with Gasteiger partial charge in [0.1, 0.15) is 0 Å². The minimum atomic E-state index is 0.606. The number of fused-ring (bicyclic) bond motifs is 4. The zero-order valence-electron chi connectivity index (χ0n) is 14.6. The highest BCUT2D eigenvalue weighted by atomic mass is 15.3. The zero-order valence-corrected chi connectivity index (χ0v) is 14.6. The van der Waals surface area contributed by atoms with Gasteiger partial charge in [0.15, 0.2) is 0 Å². The van der Waals surface area contributed by atoms with Gasteiger partial charge in [0.25, 0.3) is 0 Å². The normalized spacial score (nSPS) is 24.0. The molecule has 3 saturated heterocycles. The van der Waals surface area contributed by atoms with Crippen molar-refractivity contribution in [3.8, 4) is 6.07 Å². The second kappa shape index (κ2) is 7.39. The van der Waals surface area contributed by atoms with Crippen LogP contribution in [0.5, 0.6) is 0 Å². The predicted octanol–water partition coefficient (Wildman–Crippen LogP) is 3.65. The maximum Gasteiger partial charge on any atom is 0.0995 e. The van der Waals surface area contributed by atoms with Crippen LogP contribution in [-0.4, -0.2) is 35.5 Å². The molecular formula is C22H25N3. The van der Waals surface area contributed by atoms with Gasteiger partial charge in [-0.2, -0.15) is 5.26 Å². The average molecular weight is 331 g/mol. The van der Waals surface area contributed by atoms with Gasteiger partial charge in [-0.15, -0.1) is 0 Å². The zero-order chi connectivity index (χ0) is 17.1. The third kappa shape index (κ3) is 3.76. The summed E-state index contributed by atoms with van der Waals surface area (Å²) in [5.74, 6) is 0.747. The van der Waals surface area contributed by atoms with Gasteiger partial charge in [0, 0.05) is 38.8 Å². The molecule has 2 bridgehead atoms. The highest BCUT2D eigenvalue weighted by Gasteiger charge is 2.34. The van der Waals surface area contributed by atoms with Crippen molar-refractivity contribution in [3.63, 3.8) is 0 Å². The Bertz CT molecular complexity index is 749. The van der Waals surface area contributed by atoms with E-state index in [1.165, 1.54) is 30.5 Å². The largest absolute Gasteiger partial charge is 0.297 e. The number of hydrogen-bond acceptors (Lipinski definition) is 3. The number of hydrogen-bond donors (Lipinski definition) is 0. The molecule has 3 aliphatic heterocycles. The fourth-order valence-electron chi connectivity index (χ4n) is 4.43. The highest BCUT2D eigenvalue weighted by molar-refractivity contribution is 5.37. The maximum absolute atomic E-state index is 9.36. The summed E-state index contributed by atoms with van der Waals surface area (Å²) in [7, 11) is 0. The van der Waals surface area contributed by atoms with Gasteiger partial charge in [-0.05, 0) is 36.0 Å². The van der Waals surface area contributed by atoms with Crippen LogP contribution in [0.4, 0.5) is 0 Å². The first-order chi connectivity index (χ1) is 12.3. The van der Waals surface area contributed by atoms with Crippen LogP contribution in [0.3, 0.4) is 0 Å². The van der Waals surface area contributed by atoms with Gasteiger partial charge in [-0.3, -0.25) is 9.80 Å². The summed E-state index contributed by atoms with van der Waals surface area (Å²) < 4.78 is 0. The van der Waals surface area contributed by atoms with Crippen LogP contribution in [0.1, 0.15) is 29.5 Å². The van der Waals surface area contributed by atoms with Gasteiger partial charge >= 0.3 is 0 Å². The molecule has 3 heteroatoms. The monoisotopic (exact) mass is 331 g/mol. The van der Waals surface area contributed by atoms with E-state index in [-0.39, 0.29) is 0 Å². The lowest BCUT2D eigenvalue weighted by molar-refractivity contribution is 0.123. The Kier molecular flexibility index (Phi) is 4.83. The Hall–Kier alpha value is -2.15. The van der Waals surface area contributed by atoms with Crippen molar-refractivity contribution in [2.45, 2.75) is 32.0 Å². The SMILES string of the molecule is N#Cc1ccccc1CN1C[C@H]2CC[C@@H]1CN(Cc1ccccc1)C2. The highest BCUT2D eigenvalue weighted by Crippen LogP contribution is 2.30. The average Bonchev–Trinajstić information content (AvgIpc) is 2.93. The van der Waals surface area contributed by atoms with E-state index >= 15 is 0 Å². The van der Waals surface area contributed by atoms with Gasteiger partial charge in [0.2, 0.25) is 0 Å². The molecule has 0 aliphatic carbocycles. The van der Waals surface area contributed by atoms with Gasteiger partial charge in [0.05, 0.1) is 11.6 Å². The Balaban J connectivity index is 1.47. The molecule has 3 heterocycles. The van der Waals surface area contributed by atoms with E-state index in [9.17, 15) is 5.26 Å². The number of benzene rings is 2. The third-order valence-electron chi connectivity index (χ3n) is 5.66. The van der Waals surface area contributed by atoms with Crippen LogP contribution < -0.4 is 0 Å². The van der Waals surface area contributed by atoms with E-state index in [1.54, 1.807) is 0 Å². The molecule has 0 saturated carbocycles. The molecule has 0 spiro atoms. The molecule has 2 aromatic carbocycles. The molecule has 3 aliphatic rings. The maximum atomic E-state index is 9.36. The van der Waals surface area contributed by atoms with Crippen molar-refractivity contribution in [1.29, 1.82) is 5.26 Å². The molecule has 0 amide bonds. The molecule has 0 N–H and O–H groups in total. The summed E-state index contributed by atoms with van der Waals surface area (Å²) >= 11 is 0. The van der Waals surface area contributed by atoms with E-state index < -0.39 is 0 Å². The summed E-state index contributed by atoms with van der Waals surface area (Å²) in [4.78, 5) is 5.25. The molecule has 0 unspecified atom stereocenters. The quantitative estimate of drug-likeness (QED) is 0.856. The molecule has 0 aromatic heterocycles. The summed E-state index contributed by atoms with van der Waals surface area (Å²) in [6.45, 7) is 5.46. The van der Waals surface area contributed by atoms with Crippen molar-refractivity contribution in [2.75, 3.05) is 19.6 Å². The van der Waals surface area contributed by atoms with Gasteiger partial charge < -0.3 is 0 Å². The van der Waals surface area contributed by atoms with Crippen LogP contribution in [-0.2, 0) is 13.1 Å². The molecule has 5 rings (SSSR count). The molecule has 3 fully saturated rings. The lowest BCUT2D eigenvalue weighted by Gasteiger charge is -2.36. The van der Waals surface area contributed by atoms with E-state index in [2.05, 4.69) is 52.3 Å². The first kappa shape index (κ1) is 16.3. The first-order valence-corrected chi connectivity index (χ1v) is 9.30. The van der Waals surface area contributed by atoms with Crippen LogP contribution in [0.25, 0.3) is 0 Å². The van der Waals surface area contributed by atoms with Crippen molar-refractivity contribution >= 4 is 0 Å². The van der Waals surface area contributed by atoms with Gasteiger partial charge in [-0.25, -0.2) is 0 Å². The molecule has 2 aromatic rings. The van der Waals surface area contributed by atoms with Crippen LogP contribution in [0.2, 0.25) is 0 Å². The number of rotatable bonds is 4. The summed E-state index contributed by atoms with van der Waals surface area (Å²) in [5, 5.41) is 9.36. The number of piperidine rings is 1. The second-order valence-corrected chi connectivity index (χ2v) is 7.48. The van der Waals surface area contributed by atoms with Gasteiger partial charge in [-0.1, -0.05) is 48.5 Å². The Morgan fingerprint density at radius 3 is 2.52 bits per heavy atom. The Morgan fingerprint density at radius 1 is 0.880 bits per heavy atom. The predicted molar refractivity (Wildman–Crippen MR) is 99.8 cm³/mol. The summed E-state index contributed by atoms with van der Waals surface area (Å²) in [6, 6.07) is 21.8. The molecule has 0 radical (unpaired) electrons. The minimum Gasteiger partial charge on any atom is -0.297 e. The molecule has 3 nitrogen and oxygen atoms in total. The molecule has 128 valence electrons. The fraction of sp³-hybridized carbons (Fsp3) is 0.409. The Labute approximate surface area is 150 Å². The van der Waals surface area contributed by atoms with Crippen LogP contribution in [0, 0.1) is 17.2 Å². The summed E-state index contributed by atoms with van der Waals surface area (Å²) in [6.07, 6.45) is 2.62. The lowest BCUT2D eigenvalue weighted by atomic mass is 9.94. The fourth-order valence-corrected chi connectivity index (χ4v) is 4.43. The van der Waals surface area contributed by atoms with Crippen molar-refractivity contribution in [2.24, 2.45) is 5.92 Å². The first-order valence-electron chi connectivity index (χ1n) is 9.30. The molecule has 25 heavy (non-hydrogen) atoms. The molecular weight excluding hydrogens is 306 g/mol.